The molecule has 0 amide bonds. The van der Waals surface area contributed by atoms with Crippen LogP contribution in [0.5, 0.6) is 5.75 Å². The summed E-state index contributed by atoms with van der Waals surface area (Å²) in [5.74, 6) is 0.924. The molecule has 0 radical (unpaired) electrons. The third-order valence-electron chi connectivity index (χ3n) is 5.73. The minimum atomic E-state index is -0.218. The number of para-hydroxylation sites is 1. The zero-order chi connectivity index (χ0) is 17.1. The van der Waals surface area contributed by atoms with Crippen molar-refractivity contribution in [2.75, 3.05) is 0 Å². The van der Waals surface area contributed by atoms with E-state index in [4.69, 9.17) is 4.74 Å². The summed E-state index contributed by atoms with van der Waals surface area (Å²) in [5, 5.41) is 0. The first-order valence-corrected chi connectivity index (χ1v) is 8.95. The lowest BCUT2D eigenvalue weighted by Gasteiger charge is -2.32. The molecule has 0 fully saturated rings. The minimum absolute atomic E-state index is 0.218. The van der Waals surface area contributed by atoms with Gasteiger partial charge in [-0.1, -0.05) is 85.0 Å². The Morgan fingerprint density at radius 3 is 2.00 bits per heavy atom. The fraction of sp³-hybridized carbons (Fsp3) is 0.0400. The van der Waals surface area contributed by atoms with Crippen LogP contribution in [0, 0.1) is 0 Å². The van der Waals surface area contributed by atoms with Gasteiger partial charge in [0.15, 0.2) is 0 Å². The third kappa shape index (κ3) is 1.65. The number of ether oxygens (including phenoxy) is 1. The molecule has 122 valence electrons. The highest BCUT2D eigenvalue weighted by Crippen LogP contribution is 2.54. The molecule has 0 bridgehead atoms. The molecule has 2 aliphatic carbocycles. The molecule has 1 heteroatoms. The maximum Gasteiger partial charge on any atom is 0.134 e. The standard InChI is InChI=1S/C25H16O/c1-4-10-22-18(7-1)19-8-2-5-11-23(19)25(22)14-13-17-16-26-24-12-6-3-9-20(24)21(17)15-25/h1-16H. The predicted molar refractivity (Wildman–Crippen MR) is 105 cm³/mol. The first-order chi connectivity index (χ1) is 12.9. The van der Waals surface area contributed by atoms with Gasteiger partial charge < -0.3 is 4.74 Å². The third-order valence-corrected chi connectivity index (χ3v) is 5.73. The fourth-order valence-corrected chi connectivity index (χ4v) is 4.56. The summed E-state index contributed by atoms with van der Waals surface area (Å²) in [6.07, 6.45) is 8.82. The first kappa shape index (κ1) is 13.9. The van der Waals surface area contributed by atoms with Crippen molar-refractivity contribution in [1.82, 2.24) is 0 Å². The Kier molecular flexibility index (Phi) is 2.60. The largest absolute Gasteiger partial charge is 0.464 e. The molecule has 0 saturated carbocycles. The lowest BCUT2D eigenvalue weighted by molar-refractivity contribution is 0.472. The van der Waals surface area contributed by atoms with Crippen LogP contribution in [-0.2, 0) is 5.41 Å². The molecular weight excluding hydrogens is 316 g/mol. The topological polar surface area (TPSA) is 9.23 Å². The molecular formula is C25H16O. The maximum absolute atomic E-state index is 5.83. The van der Waals surface area contributed by atoms with E-state index in [0.29, 0.717) is 0 Å². The Balaban J connectivity index is 1.68. The molecule has 0 aromatic heterocycles. The highest BCUT2D eigenvalue weighted by molar-refractivity contribution is 5.93. The van der Waals surface area contributed by atoms with Gasteiger partial charge in [0.05, 0.1) is 11.7 Å². The van der Waals surface area contributed by atoms with Crippen LogP contribution in [0.1, 0.15) is 16.7 Å². The molecule has 3 aromatic carbocycles. The zero-order valence-corrected chi connectivity index (χ0v) is 14.1. The van der Waals surface area contributed by atoms with Crippen LogP contribution in [0.3, 0.4) is 0 Å². The van der Waals surface area contributed by atoms with E-state index >= 15 is 0 Å². The summed E-state index contributed by atoms with van der Waals surface area (Å²) in [6, 6.07) is 25.8. The van der Waals surface area contributed by atoms with Crippen molar-refractivity contribution in [2.24, 2.45) is 0 Å². The van der Waals surface area contributed by atoms with E-state index in [-0.39, 0.29) is 5.41 Å². The Morgan fingerprint density at radius 2 is 1.27 bits per heavy atom. The minimum Gasteiger partial charge on any atom is -0.464 e. The number of benzene rings is 3. The summed E-state index contributed by atoms with van der Waals surface area (Å²) in [6.45, 7) is 0. The molecule has 3 aromatic rings. The van der Waals surface area contributed by atoms with Gasteiger partial charge in [-0.2, -0.15) is 0 Å². The lowest BCUT2D eigenvalue weighted by Crippen LogP contribution is -2.23. The molecule has 1 heterocycles. The second kappa shape index (κ2) is 4.86. The molecule has 1 aliphatic heterocycles. The Hall–Kier alpha value is -3.32. The molecule has 6 rings (SSSR count). The van der Waals surface area contributed by atoms with E-state index in [0.717, 1.165) is 16.9 Å². The predicted octanol–water partition coefficient (Wildman–Crippen LogP) is 5.88. The molecule has 0 N–H and O–H groups in total. The maximum atomic E-state index is 5.83. The van der Waals surface area contributed by atoms with Crippen molar-refractivity contribution in [2.45, 2.75) is 5.41 Å². The molecule has 1 spiro atoms. The summed E-state index contributed by atoms with van der Waals surface area (Å²) >= 11 is 0. The van der Waals surface area contributed by atoms with Crippen LogP contribution in [0.2, 0.25) is 0 Å². The quantitative estimate of drug-likeness (QED) is 0.499. The second-order valence-electron chi connectivity index (χ2n) is 7.04. The van der Waals surface area contributed by atoms with Crippen molar-refractivity contribution in [3.63, 3.8) is 0 Å². The molecule has 26 heavy (non-hydrogen) atoms. The van der Waals surface area contributed by atoms with E-state index in [1.54, 1.807) is 0 Å². The SMILES string of the molecule is C1=CC2(C=C3C1=COc1ccccc13)c1ccccc1-c1ccccc12. The zero-order valence-electron chi connectivity index (χ0n) is 14.1. The van der Waals surface area contributed by atoms with Crippen LogP contribution in [-0.4, -0.2) is 0 Å². The van der Waals surface area contributed by atoms with Gasteiger partial charge in [-0.25, -0.2) is 0 Å². The molecule has 3 aliphatic rings. The van der Waals surface area contributed by atoms with Crippen LogP contribution in [0.15, 0.2) is 103 Å². The molecule has 0 atom stereocenters. The average molecular weight is 332 g/mol. The van der Waals surface area contributed by atoms with E-state index in [9.17, 15) is 0 Å². The number of rotatable bonds is 0. The second-order valence-corrected chi connectivity index (χ2v) is 7.04. The molecule has 0 unspecified atom stereocenters. The van der Waals surface area contributed by atoms with Gasteiger partial charge in [0, 0.05) is 11.1 Å². The number of hydrogen-bond donors (Lipinski definition) is 0. The summed E-state index contributed by atoms with van der Waals surface area (Å²) in [4.78, 5) is 0. The first-order valence-electron chi connectivity index (χ1n) is 8.95. The number of allylic oxidation sites excluding steroid dienone is 5. The summed E-state index contributed by atoms with van der Waals surface area (Å²) < 4.78 is 5.83. The van der Waals surface area contributed by atoms with Crippen LogP contribution < -0.4 is 4.74 Å². The van der Waals surface area contributed by atoms with Crippen LogP contribution in [0.4, 0.5) is 0 Å². The van der Waals surface area contributed by atoms with Gasteiger partial charge in [-0.15, -0.1) is 0 Å². The smallest absolute Gasteiger partial charge is 0.134 e. The van der Waals surface area contributed by atoms with Crippen molar-refractivity contribution < 1.29 is 4.74 Å². The number of hydrogen-bond acceptors (Lipinski definition) is 1. The van der Waals surface area contributed by atoms with Gasteiger partial charge in [-0.3, -0.25) is 0 Å². The summed E-state index contributed by atoms with van der Waals surface area (Å²) in [7, 11) is 0. The normalized spacial score (nSPS) is 17.4. The van der Waals surface area contributed by atoms with Crippen molar-refractivity contribution in [3.8, 4) is 16.9 Å². The lowest BCUT2D eigenvalue weighted by atomic mass is 9.71. The van der Waals surface area contributed by atoms with Gasteiger partial charge in [0.2, 0.25) is 0 Å². The van der Waals surface area contributed by atoms with Gasteiger partial charge in [-0.05, 0) is 33.9 Å². The van der Waals surface area contributed by atoms with E-state index < -0.39 is 0 Å². The number of fused-ring (bicyclic) bond motifs is 8. The Labute approximate surface area is 152 Å². The monoisotopic (exact) mass is 332 g/mol. The van der Waals surface area contributed by atoms with Crippen molar-refractivity contribution in [1.29, 1.82) is 0 Å². The van der Waals surface area contributed by atoms with Crippen molar-refractivity contribution in [3.05, 3.63) is 120 Å². The van der Waals surface area contributed by atoms with E-state index in [1.807, 2.05) is 18.4 Å². The fourth-order valence-electron chi connectivity index (χ4n) is 4.56. The Morgan fingerprint density at radius 1 is 0.654 bits per heavy atom. The van der Waals surface area contributed by atoms with Gasteiger partial charge >= 0.3 is 0 Å². The van der Waals surface area contributed by atoms with Gasteiger partial charge in [0.25, 0.3) is 0 Å². The van der Waals surface area contributed by atoms with Crippen LogP contribution >= 0.6 is 0 Å². The molecule has 1 nitrogen and oxygen atoms in total. The molecule has 0 saturated heterocycles. The van der Waals surface area contributed by atoms with Crippen molar-refractivity contribution >= 4 is 5.57 Å². The van der Waals surface area contributed by atoms with E-state index in [1.165, 1.54) is 27.8 Å². The highest BCUT2D eigenvalue weighted by Gasteiger charge is 2.42. The van der Waals surface area contributed by atoms with Crippen LogP contribution in [0.25, 0.3) is 16.7 Å². The van der Waals surface area contributed by atoms with E-state index in [2.05, 4.69) is 78.9 Å². The average Bonchev–Trinajstić information content (AvgIpc) is 2.98. The Bertz CT molecular complexity index is 1110. The highest BCUT2D eigenvalue weighted by atomic mass is 16.5. The van der Waals surface area contributed by atoms with Gasteiger partial charge in [0.1, 0.15) is 5.75 Å². The summed E-state index contributed by atoms with van der Waals surface area (Å²) in [5.41, 5.74) is 8.70.